The molecule has 2 aromatic rings. The van der Waals surface area contributed by atoms with Crippen LogP contribution in [0.25, 0.3) is 11.3 Å². The highest BCUT2D eigenvalue weighted by molar-refractivity contribution is 5.62. The van der Waals surface area contributed by atoms with Crippen LogP contribution in [0.4, 0.5) is 5.69 Å². The van der Waals surface area contributed by atoms with Crippen molar-refractivity contribution in [2.24, 2.45) is 0 Å². The van der Waals surface area contributed by atoms with Gasteiger partial charge in [0.05, 0.1) is 16.8 Å². The van der Waals surface area contributed by atoms with Crippen LogP contribution in [0.5, 0.6) is 0 Å². The van der Waals surface area contributed by atoms with Gasteiger partial charge in [0.2, 0.25) is 0 Å². The number of hydrogen-bond acceptors (Lipinski definition) is 3. The Morgan fingerprint density at radius 1 is 1.38 bits per heavy atom. The maximum absolute atomic E-state index is 10.7. The summed E-state index contributed by atoms with van der Waals surface area (Å²) in [5.74, 6) is 0.825. The Bertz CT molecular complexity index is 546. The van der Waals surface area contributed by atoms with Crippen LogP contribution in [0.2, 0.25) is 0 Å². The second-order valence-corrected chi connectivity index (χ2v) is 3.64. The van der Waals surface area contributed by atoms with Crippen molar-refractivity contribution >= 4 is 5.69 Å². The fourth-order valence-electron chi connectivity index (χ4n) is 1.60. The summed E-state index contributed by atoms with van der Waals surface area (Å²) in [5.41, 5.74) is 2.56. The quantitative estimate of drug-likeness (QED) is 0.620. The summed E-state index contributed by atoms with van der Waals surface area (Å²) >= 11 is 0. The molecule has 0 saturated carbocycles. The molecule has 0 radical (unpaired) electrons. The average Bonchev–Trinajstić information content (AvgIpc) is 2.64. The van der Waals surface area contributed by atoms with E-state index >= 15 is 0 Å². The molecule has 0 amide bonds. The molecule has 5 nitrogen and oxygen atoms in total. The van der Waals surface area contributed by atoms with E-state index in [9.17, 15) is 10.1 Å². The van der Waals surface area contributed by atoms with Crippen LogP contribution in [0.15, 0.2) is 24.4 Å². The zero-order valence-corrected chi connectivity index (χ0v) is 9.02. The molecule has 0 spiro atoms. The van der Waals surface area contributed by atoms with Crippen LogP contribution >= 0.6 is 0 Å². The van der Waals surface area contributed by atoms with E-state index < -0.39 is 0 Å². The van der Waals surface area contributed by atoms with Crippen molar-refractivity contribution in [1.29, 1.82) is 0 Å². The summed E-state index contributed by atoms with van der Waals surface area (Å²) in [6, 6.07) is 5.02. The van der Waals surface area contributed by atoms with Crippen molar-refractivity contribution in [3.63, 3.8) is 0 Å². The van der Waals surface area contributed by atoms with E-state index in [1.54, 1.807) is 25.3 Å². The van der Waals surface area contributed by atoms with Gasteiger partial charge in [0.15, 0.2) is 0 Å². The zero-order valence-electron chi connectivity index (χ0n) is 9.02. The van der Waals surface area contributed by atoms with E-state index in [-0.39, 0.29) is 10.6 Å². The molecule has 5 heteroatoms. The Balaban J connectivity index is 2.45. The van der Waals surface area contributed by atoms with Gasteiger partial charge in [-0.15, -0.1) is 0 Å². The summed E-state index contributed by atoms with van der Waals surface area (Å²) in [7, 11) is 0. The van der Waals surface area contributed by atoms with Gasteiger partial charge < -0.3 is 4.98 Å². The third-order valence-electron chi connectivity index (χ3n) is 2.41. The molecule has 0 aliphatic carbocycles. The molecule has 0 saturated heterocycles. The number of H-pyrrole nitrogens is 1. The van der Waals surface area contributed by atoms with Crippen LogP contribution < -0.4 is 0 Å². The Hall–Kier alpha value is -2.17. The highest BCUT2D eigenvalue weighted by atomic mass is 16.6. The fourth-order valence-corrected chi connectivity index (χ4v) is 1.60. The summed E-state index contributed by atoms with van der Waals surface area (Å²) in [6.07, 6.45) is 1.72. The molecule has 1 aromatic carbocycles. The van der Waals surface area contributed by atoms with Gasteiger partial charge in [-0.3, -0.25) is 10.1 Å². The number of nitrogens with one attached hydrogen (secondary N) is 1. The number of hydrogen-bond donors (Lipinski definition) is 1. The number of nitro benzene ring substituents is 1. The largest absolute Gasteiger partial charge is 0.342 e. The maximum atomic E-state index is 10.7. The SMILES string of the molecule is Cc1ncc(-c2ccc([N+](=O)[O-])c(C)c2)[nH]1. The summed E-state index contributed by atoms with van der Waals surface area (Å²) in [6.45, 7) is 3.59. The number of benzene rings is 1. The predicted molar refractivity (Wildman–Crippen MR) is 60.2 cm³/mol. The monoisotopic (exact) mass is 217 g/mol. The topological polar surface area (TPSA) is 71.8 Å². The minimum Gasteiger partial charge on any atom is -0.342 e. The standard InChI is InChI=1S/C11H11N3O2/c1-7-5-9(3-4-11(7)14(15)16)10-6-12-8(2)13-10/h3-6H,1-2H3,(H,12,13). The molecule has 0 bridgehead atoms. The lowest BCUT2D eigenvalue weighted by Crippen LogP contribution is -1.91. The first kappa shape index (κ1) is 10.4. The van der Waals surface area contributed by atoms with Crippen LogP contribution in [-0.2, 0) is 0 Å². The van der Waals surface area contributed by atoms with E-state index in [0.29, 0.717) is 5.56 Å². The third kappa shape index (κ3) is 1.79. The molecular formula is C11H11N3O2. The smallest absolute Gasteiger partial charge is 0.272 e. The Labute approximate surface area is 92.3 Å². The van der Waals surface area contributed by atoms with Gasteiger partial charge in [-0.25, -0.2) is 4.98 Å². The number of nitrogens with zero attached hydrogens (tertiary/aromatic N) is 2. The molecule has 0 fully saturated rings. The Kier molecular flexibility index (Phi) is 2.44. The van der Waals surface area contributed by atoms with E-state index in [1.807, 2.05) is 6.92 Å². The molecule has 0 unspecified atom stereocenters. The summed E-state index contributed by atoms with van der Waals surface area (Å²) in [4.78, 5) is 17.5. The van der Waals surface area contributed by atoms with E-state index in [1.165, 1.54) is 6.07 Å². The molecule has 82 valence electrons. The Morgan fingerprint density at radius 3 is 2.62 bits per heavy atom. The van der Waals surface area contributed by atoms with Crippen LogP contribution in [0.1, 0.15) is 11.4 Å². The second kappa shape index (κ2) is 3.77. The number of aromatic nitrogens is 2. The highest BCUT2D eigenvalue weighted by Crippen LogP contribution is 2.24. The van der Waals surface area contributed by atoms with Gasteiger partial charge in [-0.1, -0.05) is 0 Å². The van der Waals surface area contributed by atoms with Crippen molar-refractivity contribution in [2.75, 3.05) is 0 Å². The van der Waals surface area contributed by atoms with Crippen molar-refractivity contribution in [3.8, 4) is 11.3 Å². The van der Waals surface area contributed by atoms with Crippen molar-refractivity contribution in [3.05, 3.63) is 45.9 Å². The van der Waals surface area contributed by atoms with E-state index in [2.05, 4.69) is 9.97 Å². The minimum absolute atomic E-state index is 0.139. The third-order valence-corrected chi connectivity index (χ3v) is 2.41. The van der Waals surface area contributed by atoms with Crippen molar-refractivity contribution < 1.29 is 4.92 Å². The summed E-state index contributed by atoms with van der Waals surface area (Å²) in [5, 5.41) is 10.7. The van der Waals surface area contributed by atoms with E-state index in [0.717, 1.165) is 17.1 Å². The predicted octanol–water partition coefficient (Wildman–Crippen LogP) is 2.60. The highest BCUT2D eigenvalue weighted by Gasteiger charge is 2.11. The van der Waals surface area contributed by atoms with Gasteiger partial charge in [-0.05, 0) is 26.0 Å². The number of imidazole rings is 1. The first-order chi connectivity index (χ1) is 7.58. The van der Waals surface area contributed by atoms with Crippen molar-refractivity contribution in [1.82, 2.24) is 9.97 Å². The number of nitro groups is 1. The molecule has 1 N–H and O–H groups in total. The van der Waals surface area contributed by atoms with Crippen LogP contribution in [0, 0.1) is 24.0 Å². The minimum atomic E-state index is -0.378. The molecule has 0 atom stereocenters. The molecule has 16 heavy (non-hydrogen) atoms. The van der Waals surface area contributed by atoms with Gasteiger partial charge in [0, 0.05) is 17.2 Å². The molecule has 1 aromatic heterocycles. The first-order valence-electron chi connectivity index (χ1n) is 4.85. The van der Waals surface area contributed by atoms with Gasteiger partial charge >= 0.3 is 0 Å². The van der Waals surface area contributed by atoms with Crippen molar-refractivity contribution in [2.45, 2.75) is 13.8 Å². The lowest BCUT2D eigenvalue weighted by Gasteiger charge is -2.00. The normalized spacial score (nSPS) is 10.4. The lowest BCUT2D eigenvalue weighted by molar-refractivity contribution is -0.385. The lowest BCUT2D eigenvalue weighted by atomic mass is 10.1. The molecular weight excluding hydrogens is 206 g/mol. The van der Waals surface area contributed by atoms with Gasteiger partial charge in [0.25, 0.3) is 5.69 Å². The zero-order chi connectivity index (χ0) is 11.7. The van der Waals surface area contributed by atoms with Crippen LogP contribution in [0.3, 0.4) is 0 Å². The average molecular weight is 217 g/mol. The molecule has 0 aliphatic rings. The molecule has 1 heterocycles. The number of aromatic amines is 1. The van der Waals surface area contributed by atoms with E-state index in [4.69, 9.17) is 0 Å². The fraction of sp³-hybridized carbons (Fsp3) is 0.182. The van der Waals surface area contributed by atoms with Crippen LogP contribution in [-0.4, -0.2) is 14.9 Å². The number of rotatable bonds is 2. The van der Waals surface area contributed by atoms with Gasteiger partial charge in [0.1, 0.15) is 5.82 Å². The Morgan fingerprint density at radius 2 is 2.12 bits per heavy atom. The summed E-state index contributed by atoms with van der Waals surface area (Å²) < 4.78 is 0. The molecule has 0 aliphatic heterocycles. The first-order valence-corrected chi connectivity index (χ1v) is 4.85. The molecule has 2 rings (SSSR count). The maximum Gasteiger partial charge on any atom is 0.272 e. The number of aryl methyl sites for hydroxylation is 2. The van der Waals surface area contributed by atoms with Gasteiger partial charge in [-0.2, -0.15) is 0 Å². The second-order valence-electron chi connectivity index (χ2n) is 3.64.